The van der Waals surface area contributed by atoms with Crippen LogP contribution in [-0.2, 0) is 4.79 Å². The van der Waals surface area contributed by atoms with E-state index in [0.29, 0.717) is 10.0 Å². The molecule has 0 aliphatic rings. The number of nitrogens with zero attached hydrogens (tertiary/aromatic N) is 3. The number of carbonyl (C=O) groups is 1. The zero-order chi connectivity index (χ0) is 18.4. The number of methoxy groups -OCH3 is 1. The number of hydrogen-bond donors (Lipinski definition) is 1. The Morgan fingerprint density at radius 3 is 2.80 bits per heavy atom. The van der Waals surface area contributed by atoms with Gasteiger partial charge in [-0.05, 0) is 18.7 Å². The number of non-ortho nitro benzene ring substituents is 1. The van der Waals surface area contributed by atoms with Crippen LogP contribution < -0.4 is 10.1 Å². The largest absolute Gasteiger partial charge is 0.494 e. The third-order valence-electron chi connectivity index (χ3n) is 2.96. The van der Waals surface area contributed by atoms with E-state index < -0.39 is 10.2 Å². The fourth-order valence-corrected chi connectivity index (χ4v) is 4.82. The monoisotopic (exact) mass is 400 g/mol. The number of thioether (sulfide) groups is 2. The van der Waals surface area contributed by atoms with Gasteiger partial charge in [0.15, 0.2) is 8.68 Å². The van der Waals surface area contributed by atoms with Crippen LogP contribution in [0.1, 0.15) is 13.8 Å². The van der Waals surface area contributed by atoms with Crippen LogP contribution in [0.2, 0.25) is 0 Å². The summed E-state index contributed by atoms with van der Waals surface area (Å²) in [6.45, 7) is 3.79. The highest BCUT2D eigenvalue weighted by Gasteiger charge is 2.20. The highest BCUT2D eigenvalue weighted by atomic mass is 32.2. The zero-order valence-electron chi connectivity index (χ0n) is 13.7. The quantitative estimate of drug-likeness (QED) is 0.406. The van der Waals surface area contributed by atoms with Crippen LogP contribution in [0.25, 0.3) is 0 Å². The van der Waals surface area contributed by atoms with Crippen LogP contribution in [0, 0.1) is 10.1 Å². The van der Waals surface area contributed by atoms with Crippen molar-refractivity contribution in [2.24, 2.45) is 0 Å². The first kappa shape index (κ1) is 19.5. The van der Waals surface area contributed by atoms with E-state index in [1.165, 1.54) is 48.4 Å². The Hall–Kier alpha value is -1.85. The molecule has 1 atom stereocenters. The maximum Gasteiger partial charge on any atom is 0.273 e. The Morgan fingerprint density at radius 1 is 1.44 bits per heavy atom. The molecule has 11 heteroatoms. The number of benzene rings is 1. The summed E-state index contributed by atoms with van der Waals surface area (Å²) in [6.07, 6.45) is 0. The second-order valence-corrected chi connectivity index (χ2v) is 8.73. The van der Waals surface area contributed by atoms with E-state index in [1.54, 1.807) is 18.7 Å². The van der Waals surface area contributed by atoms with Gasteiger partial charge in [-0.15, -0.1) is 10.2 Å². The van der Waals surface area contributed by atoms with Crippen molar-refractivity contribution in [3.8, 4) is 5.75 Å². The first-order valence-electron chi connectivity index (χ1n) is 7.20. The molecule has 0 fully saturated rings. The SMILES string of the molecule is CCSc1nnc(SC(C)C(=O)Nc2ccc([N+](=O)[O-])cc2OC)s1. The number of ether oxygens (including phenoxy) is 1. The molecule has 1 unspecified atom stereocenters. The minimum atomic E-state index is -0.520. The molecule has 134 valence electrons. The number of anilines is 1. The molecule has 0 saturated heterocycles. The lowest BCUT2D eigenvalue weighted by atomic mass is 10.2. The number of nitro groups is 1. The topological polar surface area (TPSA) is 107 Å². The first-order valence-corrected chi connectivity index (χ1v) is 9.89. The molecule has 0 aliphatic carbocycles. The first-order chi connectivity index (χ1) is 11.9. The molecule has 0 spiro atoms. The van der Waals surface area contributed by atoms with E-state index in [-0.39, 0.29) is 17.3 Å². The summed E-state index contributed by atoms with van der Waals surface area (Å²) in [7, 11) is 1.39. The third-order valence-corrected chi connectivity index (χ3v) is 6.08. The van der Waals surface area contributed by atoms with Crippen molar-refractivity contribution in [1.82, 2.24) is 10.2 Å². The van der Waals surface area contributed by atoms with E-state index in [0.717, 1.165) is 10.1 Å². The van der Waals surface area contributed by atoms with Crippen molar-refractivity contribution in [3.63, 3.8) is 0 Å². The third kappa shape index (κ3) is 5.31. The Morgan fingerprint density at radius 2 is 2.16 bits per heavy atom. The van der Waals surface area contributed by atoms with Gasteiger partial charge < -0.3 is 10.1 Å². The maximum absolute atomic E-state index is 12.4. The van der Waals surface area contributed by atoms with Crippen molar-refractivity contribution in [3.05, 3.63) is 28.3 Å². The van der Waals surface area contributed by atoms with Gasteiger partial charge in [0.05, 0.1) is 29.0 Å². The molecule has 25 heavy (non-hydrogen) atoms. The maximum atomic E-state index is 12.4. The van der Waals surface area contributed by atoms with E-state index in [2.05, 4.69) is 15.5 Å². The Kier molecular flexibility index (Phi) is 7.02. The number of amides is 1. The van der Waals surface area contributed by atoms with Gasteiger partial charge in [0.2, 0.25) is 5.91 Å². The lowest BCUT2D eigenvalue weighted by Gasteiger charge is -2.13. The van der Waals surface area contributed by atoms with Gasteiger partial charge in [0.25, 0.3) is 5.69 Å². The van der Waals surface area contributed by atoms with Crippen LogP contribution in [0.3, 0.4) is 0 Å². The van der Waals surface area contributed by atoms with E-state index in [4.69, 9.17) is 4.74 Å². The Balaban J connectivity index is 2.03. The minimum Gasteiger partial charge on any atom is -0.494 e. The number of hydrogen-bond acceptors (Lipinski definition) is 9. The number of nitro benzene ring substituents is 1. The molecule has 0 bridgehead atoms. The Labute approximate surface area is 156 Å². The molecule has 2 aromatic rings. The van der Waals surface area contributed by atoms with E-state index >= 15 is 0 Å². The zero-order valence-corrected chi connectivity index (χ0v) is 16.2. The highest BCUT2D eigenvalue weighted by molar-refractivity contribution is 8.03. The van der Waals surface area contributed by atoms with Gasteiger partial charge >= 0.3 is 0 Å². The molecule has 8 nitrogen and oxygen atoms in total. The lowest BCUT2D eigenvalue weighted by Crippen LogP contribution is -2.22. The molecular formula is C14H16N4O4S3. The Bertz CT molecular complexity index is 768. The molecule has 0 saturated carbocycles. The summed E-state index contributed by atoms with van der Waals surface area (Å²) in [5, 5.41) is 21.2. The summed E-state index contributed by atoms with van der Waals surface area (Å²) in [6, 6.07) is 4.04. The van der Waals surface area contributed by atoms with Crippen molar-refractivity contribution in [2.45, 2.75) is 27.8 Å². The predicted octanol–water partition coefficient (Wildman–Crippen LogP) is 3.69. The van der Waals surface area contributed by atoms with Crippen molar-refractivity contribution in [1.29, 1.82) is 0 Å². The average Bonchev–Trinajstić information content (AvgIpc) is 3.02. The molecular weight excluding hydrogens is 384 g/mol. The number of carbonyl (C=O) groups excluding carboxylic acids is 1. The van der Waals surface area contributed by atoms with Crippen LogP contribution in [-0.4, -0.2) is 39.1 Å². The summed E-state index contributed by atoms with van der Waals surface area (Å²) >= 11 is 4.36. The number of nitrogens with one attached hydrogen (secondary N) is 1. The standard InChI is InChI=1S/C14H16N4O4S3/c1-4-23-13-16-17-14(25-13)24-8(2)12(19)15-10-6-5-9(18(20)21)7-11(10)22-3/h5-8H,4H2,1-3H3,(H,15,19). The molecule has 0 radical (unpaired) electrons. The van der Waals surface area contributed by atoms with Crippen LogP contribution in [0.15, 0.2) is 26.9 Å². The smallest absolute Gasteiger partial charge is 0.273 e. The molecule has 0 aliphatic heterocycles. The van der Waals surface area contributed by atoms with Crippen molar-refractivity contribution >= 4 is 52.1 Å². The normalized spacial score (nSPS) is 11.8. The second-order valence-electron chi connectivity index (χ2n) is 4.66. The lowest BCUT2D eigenvalue weighted by molar-refractivity contribution is -0.384. The highest BCUT2D eigenvalue weighted by Crippen LogP contribution is 2.33. The van der Waals surface area contributed by atoms with Crippen molar-refractivity contribution < 1.29 is 14.5 Å². The summed E-state index contributed by atoms with van der Waals surface area (Å²) in [5.41, 5.74) is 0.275. The minimum absolute atomic E-state index is 0.105. The molecule has 1 N–H and O–H groups in total. The van der Waals surface area contributed by atoms with Gasteiger partial charge in [-0.1, -0.05) is 41.8 Å². The fourth-order valence-electron chi connectivity index (χ4n) is 1.76. The summed E-state index contributed by atoms with van der Waals surface area (Å²) in [5.74, 6) is 0.893. The van der Waals surface area contributed by atoms with Crippen LogP contribution >= 0.6 is 34.9 Å². The van der Waals surface area contributed by atoms with Crippen molar-refractivity contribution in [2.75, 3.05) is 18.2 Å². The predicted molar refractivity (Wildman–Crippen MR) is 99.9 cm³/mol. The number of rotatable bonds is 8. The summed E-state index contributed by atoms with van der Waals surface area (Å²) in [4.78, 5) is 22.7. The molecule has 1 heterocycles. The molecule has 1 aromatic carbocycles. The van der Waals surface area contributed by atoms with Crippen LogP contribution in [0.5, 0.6) is 5.75 Å². The van der Waals surface area contributed by atoms with E-state index in [1.807, 2.05) is 6.92 Å². The van der Waals surface area contributed by atoms with Gasteiger partial charge in [-0.2, -0.15) is 0 Å². The number of aromatic nitrogens is 2. The van der Waals surface area contributed by atoms with Gasteiger partial charge in [0, 0.05) is 6.07 Å². The van der Waals surface area contributed by atoms with Gasteiger partial charge in [-0.25, -0.2) is 0 Å². The molecule has 2 rings (SSSR count). The molecule has 1 aromatic heterocycles. The fraction of sp³-hybridized carbons (Fsp3) is 0.357. The average molecular weight is 401 g/mol. The molecule has 1 amide bonds. The second kappa shape index (κ2) is 9.02. The van der Waals surface area contributed by atoms with Gasteiger partial charge in [0.1, 0.15) is 5.75 Å². The summed E-state index contributed by atoms with van der Waals surface area (Å²) < 4.78 is 6.70. The van der Waals surface area contributed by atoms with E-state index in [9.17, 15) is 14.9 Å². The van der Waals surface area contributed by atoms with Gasteiger partial charge in [-0.3, -0.25) is 14.9 Å². The van der Waals surface area contributed by atoms with Crippen LogP contribution in [0.4, 0.5) is 11.4 Å².